The van der Waals surface area contributed by atoms with Crippen molar-refractivity contribution in [3.05, 3.63) is 23.8 Å². The maximum atomic E-state index is 11.8. The predicted octanol–water partition coefficient (Wildman–Crippen LogP) is 8.58. The molecule has 0 heterocycles. The van der Waals surface area contributed by atoms with E-state index in [1.807, 2.05) is 0 Å². The molecule has 32 heavy (non-hydrogen) atoms. The molecule has 4 saturated carbocycles. The summed E-state index contributed by atoms with van der Waals surface area (Å²) in [6, 6.07) is 0. The molecule has 4 fully saturated rings. The first-order valence-electron chi connectivity index (χ1n) is 13.8. The summed E-state index contributed by atoms with van der Waals surface area (Å²) in [5.74, 6) is 3.15. The Labute approximate surface area is 199 Å². The summed E-state index contributed by atoms with van der Waals surface area (Å²) in [4.78, 5) is 0. The molecule has 0 spiro atoms. The molecule has 0 radical (unpaired) electrons. The van der Waals surface area contributed by atoms with Crippen molar-refractivity contribution in [2.24, 2.45) is 51.2 Å². The highest BCUT2D eigenvalue weighted by atomic mass is 16.3. The minimum atomic E-state index is -0.163. The zero-order valence-corrected chi connectivity index (χ0v) is 22.6. The molecular formula is C31H52O. The molecule has 4 rings (SSSR count). The predicted molar refractivity (Wildman–Crippen MR) is 137 cm³/mol. The fraction of sp³-hybridized carbons (Fsp3) is 0.871. The smallest absolute Gasteiger partial charge is 0.0582 e. The standard InChI is InChI=1S/C31H52O/c1-20(2)11-10-12-21(3)23-14-17-31(9)27(23)24(32)19-26-29(7)16-13-22(4)28(5,6)25(29)15-18-30(26,31)8/h11,22-27,32H,3,10,12-19H2,1-2,4-9H3/t22?,23?,24-,25?,26?,27?,29+,30-,31-/m1/s1. The second-order valence-electron chi connectivity index (χ2n) is 14.2. The van der Waals surface area contributed by atoms with Gasteiger partial charge in [0.1, 0.15) is 0 Å². The summed E-state index contributed by atoms with van der Waals surface area (Å²) in [6.07, 6.45) is 13.3. The Morgan fingerprint density at radius 2 is 1.59 bits per heavy atom. The molecule has 1 nitrogen and oxygen atoms in total. The van der Waals surface area contributed by atoms with Crippen LogP contribution in [0.25, 0.3) is 0 Å². The molecule has 4 aliphatic rings. The Kier molecular flexibility index (Phi) is 6.14. The van der Waals surface area contributed by atoms with E-state index in [0.717, 1.165) is 31.1 Å². The van der Waals surface area contributed by atoms with Crippen LogP contribution in [0.2, 0.25) is 0 Å². The van der Waals surface area contributed by atoms with Crippen LogP contribution < -0.4 is 0 Å². The van der Waals surface area contributed by atoms with E-state index in [0.29, 0.717) is 34.0 Å². The molecule has 4 aliphatic carbocycles. The third-order valence-corrected chi connectivity index (χ3v) is 12.5. The van der Waals surface area contributed by atoms with Crippen molar-refractivity contribution >= 4 is 0 Å². The highest BCUT2D eigenvalue weighted by Crippen LogP contribution is 2.75. The van der Waals surface area contributed by atoms with Crippen LogP contribution in [0.4, 0.5) is 0 Å². The van der Waals surface area contributed by atoms with Crippen LogP contribution in [-0.4, -0.2) is 11.2 Å². The van der Waals surface area contributed by atoms with Crippen LogP contribution in [0.1, 0.15) is 113 Å². The number of allylic oxidation sites excluding steroid dienone is 3. The van der Waals surface area contributed by atoms with Crippen LogP contribution in [0, 0.1) is 51.2 Å². The number of rotatable bonds is 4. The fourth-order valence-corrected chi connectivity index (χ4v) is 10.1. The van der Waals surface area contributed by atoms with E-state index in [1.54, 1.807) is 0 Å². The second kappa shape index (κ2) is 8.00. The third-order valence-electron chi connectivity index (χ3n) is 12.5. The van der Waals surface area contributed by atoms with Gasteiger partial charge in [0.2, 0.25) is 0 Å². The molecule has 0 saturated heterocycles. The molecule has 0 aromatic heterocycles. The van der Waals surface area contributed by atoms with E-state index in [9.17, 15) is 5.11 Å². The minimum Gasteiger partial charge on any atom is -0.393 e. The van der Waals surface area contributed by atoms with Gasteiger partial charge in [-0.05, 0) is 123 Å². The fourth-order valence-electron chi connectivity index (χ4n) is 10.1. The summed E-state index contributed by atoms with van der Waals surface area (Å²) in [6.45, 7) is 24.4. The van der Waals surface area contributed by atoms with Gasteiger partial charge in [0, 0.05) is 0 Å². The molecule has 0 bridgehead atoms. The topological polar surface area (TPSA) is 20.2 Å². The van der Waals surface area contributed by atoms with Gasteiger partial charge >= 0.3 is 0 Å². The molecule has 182 valence electrons. The number of fused-ring (bicyclic) bond motifs is 5. The lowest BCUT2D eigenvalue weighted by atomic mass is 9.34. The molecule has 1 N–H and O–H groups in total. The maximum Gasteiger partial charge on any atom is 0.0582 e. The number of hydrogen-bond acceptors (Lipinski definition) is 1. The Morgan fingerprint density at radius 1 is 0.938 bits per heavy atom. The number of hydrogen-bond donors (Lipinski definition) is 1. The van der Waals surface area contributed by atoms with E-state index in [2.05, 4.69) is 68.0 Å². The zero-order chi connectivity index (χ0) is 23.7. The monoisotopic (exact) mass is 440 g/mol. The minimum absolute atomic E-state index is 0.163. The highest BCUT2D eigenvalue weighted by molar-refractivity contribution is 5.22. The van der Waals surface area contributed by atoms with E-state index in [-0.39, 0.29) is 11.5 Å². The molecule has 0 aromatic rings. The summed E-state index contributed by atoms with van der Waals surface area (Å²) >= 11 is 0. The van der Waals surface area contributed by atoms with E-state index in [4.69, 9.17) is 0 Å². The average molecular weight is 441 g/mol. The van der Waals surface area contributed by atoms with Crippen molar-refractivity contribution in [3.63, 3.8) is 0 Å². The molecule has 5 unspecified atom stereocenters. The van der Waals surface area contributed by atoms with Crippen molar-refractivity contribution in [2.75, 3.05) is 0 Å². The molecule has 9 atom stereocenters. The van der Waals surface area contributed by atoms with E-state index in [1.165, 1.54) is 49.7 Å². The molecule has 1 heteroatoms. The van der Waals surface area contributed by atoms with Gasteiger partial charge in [-0.15, -0.1) is 0 Å². The van der Waals surface area contributed by atoms with Crippen LogP contribution in [0.3, 0.4) is 0 Å². The van der Waals surface area contributed by atoms with Gasteiger partial charge in [-0.1, -0.05) is 65.3 Å². The Bertz CT molecular complexity index is 771. The third kappa shape index (κ3) is 3.34. The average Bonchev–Trinajstić information content (AvgIpc) is 3.07. The summed E-state index contributed by atoms with van der Waals surface area (Å²) in [5, 5.41) is 11.8. The molecule has 0 aliphatic heterocycles. The van der Waals surface area contributed by atoms with Crippen molar-refractivity contribution in [1.82, 2.24) is 0 Å². The van der Waals surface area contributed by atoms with Gasteiger partial charge in [0.15, 0.2) is 0 Å². The zero-order valence-electron chi connectivity index (χ0n) is 22.6. The summed E-state index contributed by atoms with van der Waals surface area (Å²) in [7, 11) is 0. The summed E-state index contributed by atoms with van der Waals surface area (Å²) in [5.41, 5.74) is 4.17. The van der Waals surface area contributed by atoms with E-state index >= 15 is 0 Å². The lowest BCUT2D eigenvalue weighted by Gasteiger charge is -2.70. The van der Waals surface area contributed by atoms with Crippen molar-refractivity contribution in [1.29, 1.82) is 0 Å². The van der Waals surface area contributed by atoms with Gasteiger partial charge in [0.05, 0.1) is 6.10 Å². The molecule has 0 amide bonds. The lowest BCUT2D eigenvalue weighted by molar-refractivity contribution is -0.233. The Hall–Kier alpha value is -0.560. The van der Waals surface area contributed by atoms with Gasteiger partial charge in [-0.3, -0.25) is 0 Å². The van der Waals surface area contributed by atoms with Crippen LogP contribution in [-0.2, 0) is 0 Å². The number of aliphatic hydroxyl groups is 1. The SMILES string of the molecule is C=C(CCC=C(C)C)C1CC[C@]2(C)C1[C@H](O)CC1[C@@]3(C)CCC(C)C(C)(C)C3CC[C@]12C. The maximum absolute atomic E-state index is 11.8. The van der Waals surface area contributed by atoms with Crippen molar-refractivity contribution < 1.29 is 5.11 Å². The van der Waals surface area contributed by atoms with Gasteiger partial charge < -0.3 is 5.11 Å². The Morgan fingerprint density at radius 3 is 2.25 bits per heavy atom. The largest absolute Gasteiger partial charge is 0.393 e. The number of aliphatic hydroxyl groups excluding tert-OH is 1. The van der Waals surface area contributed by atoms with Gasteiger partial charge in [-0.25, -0.2) is 0 Å². The van der Waals surface area contributed by atoms with Crippen molar-refractivity contribution in [2.45, 2.75) is 119 Å². The first kappa shape index (κ1) is 24.6. The summed E-state index contributed by atoms with van der Waals surface area (Å²) < 4.78 is 0. The first-order chi connectivity index (χ1) is 14.8. The van der Waals surface area contributed by atoms with Crippen LogP contribution in [0.15, 0.2) is 23.8 Å². The van der Waals surface area contributed by atoms with Gasteiger partial charge in [-0.2, -0.15) is 0 Å². The van der Waals surface area contributed by atoms with Crippen LogP contribution >= 0.6 is 0 Å². The first-order valence-corrected chi connectivity index (χ1v) is 13.8. The Balaban J connectivity index is 1.64. The molecule has 0 aromatic carbocycles. The normalized spacial score (nSPS) is 49.5. The molecular weight excluding hydrogens is 388 g/mol. The second-order valence-corrected chi connectivity index (χ2v) is 14.2. The highest BCUT2D eigenvalue weighted by Gasteiger charge is 2.70. The van der Waals surface area contributed by atoms with Crippen molar-refractivity contribution in [3.8, 4) is 0 Å². The van der Waals surface area contributed by atoms with E-state index < -0.39 is 0 Å². The lowest BCUT2D eigenvalue weighted by Crippen LogP contribution is -2.65. The quantitative estimate of drug-likeness (QED) is 0.434. The van der Waals surface area contributed by atoms with Gasteiger partial charge in [0.25, 0.3) is 0 Å². The van der Waals surface area contributed by atoms with Crippen LogP contribution in [0.5, 0.6) is 0 Å².